The van der Waals surface area contributed by atoms with Crippen LogP contribution in [-0.2, 0) is 6.61 Å². The Morgan fingerprint density at radius 3 is 2.89 bits per heavy atom. The topological polar surface area (TPSA) is 46.0 Å². The summed E-state index contributed by atoms with van der Waals surface area (Å²) in [4.78, 5) is 7.61. The fourth-order valence-electron chi connectivity index (χ4n) is 0.450. The first-order valence-corrected chi connectivity index (χ1v) is 3.20. The third-order valence-corrected chi connectivity index (χ3v) is 1.25. The normalized spacial score (nSPS) is 9.56. The van der Waals surface area contributed by atoms with Gasteiger partial charge in [-0.1, -0.05) is 0 Å². The fraction of sp³-hybridized carbons (Fsp3) is 0.200. The van der Waals surface area contributed by atoms with Gasteiger partial charge in [0.25, 0.3) is 0 Å². The monoisotopic (exact) mass is 188 g/mol. The molecule has 9 heavy (non-hydrogen) atoms. The Kier molecular flexibility index (Phi) is 2.13. The third-order valence-electron chi connectivity index (χ3n) is 0.813. The smallest absolute Gasteiger partial charge is 0.154 e. The van der Waals surface area contributed by atoms with E-state index in [1.165, 1.54) is 0 Å². The van der Waals surface area contributed by atoms with Crippen molar-refractivity contribution in [3.8, 4) is 0 Å². The van der Waals surface area contributed by atoms with Gasteiger partial charge in [-0.2, -0.15) is 0 Å². The van der Waals surface area contributed by atoms with Gasteiger partial charge in [0.15, 0.2) is 5.82 Å². The highest BCUT2D eigenvalue weighted by Crippen LogP contribution is 2.02. The molecule has 0 unspecified atom stereocenters. The molecule has 0 spiro atoms. The maximum atomic E-state index is 8.52. The summed E-state index contributed by atoms with van der Waals surface area (Å²) in [5, 5.41) is 8.52. The predicted octanol–water partition coefficient (Wildman–Crippen LogP) is 0.731. The molecule has 48 valence electrons. The molecule has 1 rings (SSSR count). The zero-order chi connectivity index (χ0) is 6.69. The zero-order valence-corrected chi connectivity index (χ0v) is 6.17. The van der Waals surface area contributed by atoms with Crippen LogP contribution in [0, 0.1) is 0 Å². The van der Waals surface area contributed by atoms with Gasteiger partial charge in [0.1, 0.15) is 11.2 Å². The molecule has 4 heteroatoms. The highest BCUT2D eigenvalue weighted by atomic mass is 79.9. The Hall–Kier alpha value is -0.480. The minimum absolute atomic E-state index is 0.112. The molecular weight excluding hydrogens is 184 g/mol. The molecule has 1 N–H and O–H groups in total. The Labute approximate surface area is 60.9 Å². The summed E-state index contributed by atoms with van der Waals surface area (Å²) >= 11 is 3.14. The van der Waals surface area contributed by atoms with E-state index in [9.17, 15) is 0 Å². The van der Waals surface area contributed by atoms with E-state index in [0.717, 1.165) is 0 Å². The van der Waals surface area contributed by atoms with Gasteiger partial charge in [0.05, 0.1) is 0 Å². The van der Waals surface area contributed by atoms with E-state index in [0.29, 0.717) is 10.4 Å². The van der Waals surface area contributed by atoms with Gasteiger partial charge < -0.3 is 5.11 Å². The molecule has 0 atom stereocenters. The lowest BCUT2D eigenvalue weighted by Gasteiger charge is -1.91. The van der Waals surface area contributed by atoms with Gasteiger partial charge in [-0.05, 0) is 22.0 Å². The van der Waals surface area contributed by atoms with Crippen molar-refractivity contribution < 1.29 is 5.11 Å². The van der Waals surface area contributed by atoms with Crippen LogP contribution in [0.3, 0.4) is 0 Å². The van der Waals surface area contributed by atoms with E-state index in [1.807, 2.05) is 0 Å². The molecule has 0 amide bonds. The first kappa shape index (κ1) is 6.64. The average Bonchev–Trinajstić information content (AvgIpc) is 1.88. The van der Waals surface area contributed by atoms with E-state index < -0.39 is 0 Å². The van der Waals surface area contributed by atoms with Crippen molar-refractivity contribution in [2.24, 2.45) is 0 Å². The summed E-state index contributed by atoms with van der Waals surface area (Å²) in [5.74, 6) is 0.435. The second-order valence-corrected chi connectivity index (χ2v) is 2.27. The molecule has 0 fully saturated rings. The lowest BCUT2D eigenvalue weighted by atomic mass is 10.6. The SMILES string of the molecule is OCc1nccc(Br)n1. The maximum absolute atomic E-state index is 8.52. The second-order valence-electron chi connectivity index (χ2n) is 1.45. The van der Waals surface area contributed by atoms with E-state index in [1.54, 1.807) is 12.3 Å². The third kappa shape index (κ3) is 1.73. The minimum Gasteiger partial charge on any atom is -0.388 e. The summed E-state index contributed by atoms with van der Waals surface area (Å²) in [5.41, 5.74) is 0. The van der Waals surface area contributed by atoms with Crippen molar-refractivity contribution in [1.29, 1.82) is 0 Å². The van der Waals surface area contributed by atoms with Crippen molar-refractivity contribution in [2.45, 2.75) is 6.61 Å². The van der Waals surface area contributed by atoms with Crippen LogP contribution in [0.5, 0.6) is 0 Å². The van der Waals surface area contributed by atoms with Crippen LogP contribution in [0.25, 0.3) is 0 Å². The molecule has 0 aliphatic heterocycles. The summed E-state index contributed by atoms with van der Waals surface area (Å²) in [7, 11) is 0. The highest BCUT2D eigenvalue weighted by Gasteiger charge is 1.91. The van der Waals surface area contributed by atoms with Gasteiger partial charge in [-0.3, -0.25) is 0 Å². The maximum Gasteiger partial charge on any atom is 0.154 e. The molecule has 0 saturated carbocycles. The largest absolute Gasteiger partial charge is 0.388 e. The lowest BCUT2D eigenvalue weighted by molar-refractivity contribution is 0.271. The number of halogens is 1. The molecule has 0 saturated heterocycles. The highest BCUT2D eigenvalue weighted by molar-refractivity contribution is 9.10. The van der Waals surface area contributed by atoms with Crippen molar-refractivity contribution in [2.75, 3.05) is 0 Å². The fourth-order valence-corrected chi connectivity index (χ4v) is 0.773. The first-order chi connectivity index (χ1) is 4.33. The Morgan fingerprint density at radius 2 is 2.44 bits per heavy atom. The number of aliphatic hydroxyl groups is 1. The molecular formula is C5H5BrN2O. The zero-order valence-electron chi connectivity index (χ0n) is 4.58. The minimum atomic E-state index is -0.112. The van der Waals surface area contributed by atoms with Crippen molar-refractivity contribution in [3.05, 3.63) is 22.7 Å². The van der Waals surface area contributed by atoms with E-state index in [-0.39, 0.29) is 6.61 Å². The molecule has 0 aliphatic carbocycles. The van der Waals surface area contributed by atoms with Crippen LogP contribution in [0.15, 0.2) is 16.9 Å². The van der Waals surface area contributed by atoms with E-state index in [4.69, 9.17) is 5.11 Å². The van der Waals surface area contributed by atoms with Crippen molar-refractivity contribution >= 4 is 15.9 Å². The predicted molar refractivity (Wildman–Crippen MR) is 35.7 cm³/mol. The van der Waals surface area contributed by atoms with Crippen molar-refractivity contribution in [3.63, 3.8) is 0 Å². The summed E-state index contributed by atoms with van der Waals surface area (Å²) in [6.45, 7) is -0.112. The molecule has 1 heterocycles. The van der Waals surface area contributed by atoms with Crippen LogP contribution in [0.2, 0.25) is 0 Å². The number of aromatic nitrogens is 2. The Balaban J connectivity index is 2.94. The van der Waals surface area contributed by atoms with Crippen molar-refractivity contribution in [1.82, 2.24) is 9.97 Å². The first-order valence-electron chi connectivity index (χ1n) is 2.41. The number of aliphatic hydroxyl groups excluding tert-OH is 1. The second kappa shape index (κ2) is 2.89. The standard InChI is InChI=1S/C5H5BrN2O/c6-4-1-2-7-5(3-9)8-4/h1-2,9H,3H2. The van der Waals surface area contributed by atoms with E-state index >= 15 is 0 Å². The van der Waals surface area contributed by atoms with Crippen LogP contribution in [-0.4, -0.2) is 15.1 Å². The van der Waals surface area contributed by atoms with Crippen LogP contribution in [0.4, 0.5) is 0 Å². The lowest BCUT2D eigenvalue weighted by Crippen LogP contribution is -1.92. The molecule has 3 nitrogen and oxygen atoms in total. The number of hydrogen-bond acceptors (Lipinski definition) is 3. The number of hydrogen-bond donors (Lipinski definition) is 1. The van der Waals surface area contributed by atoms with Gasteiger partial charge in [0.2, 0.25) is 0 Å². The number of rotatable bonds is 1. The molecule has 1 aromatic heterocycles. The molecule has 0 aromatic carbocycles. The van der Waals surface area contributed by atoms with Gasteiger partial charge in [0, 0.05) is 6.20 Å². The van der Waals surface area contributed by atoms with Gasteiger partial charge in [-0.15, -0.1) is 0 Å². The van der Waals surface area contributed by atoms with Crippen LogP contribution in [0.1, 0.15) is 5.82 Å². The average molecular weight is 189 g/mol. The van der Waals surface area contributed by atoms with E-state index in [2.05, 4.69) is 25.9 Å². The van der Waals surface area contributed by atoms with Crippen LogP contribution < -0.4 is 0 Å². The Morgan fingerprint density at radius 1 is 1.67 bits per heavy atom. The van der Waals surface area contributed by atoms with Gasteiger partial charge >= 0.3 is 0 Å². The Bertz CT molecular complexity index is 204. The summed E-state index contributed by atoms with van der Waals surface area (Å²) < 4.78 is 0.696. The summed E-state index contributed by atoms with van der Waals surface area (Å²) in [6.07, 6.45) is 1.59. The molecule has 0 radical (unpaired) electrons. The van der Waals surface area contributed by atoms with Crippen LogP contribution >= 0.6 is 15.9 Å². The quantitative estimate of drug-likeness (QED) is 0.662. The van der Waals surface area contributed by atoms with Gasteiger partial charge in [-0.25, -0.2) is 9.97 Å². The summed E-state index contributed by atoms with van der Waals surface area (Å²) in [6, 6.07) is 1.71. The molecule has 0 aliphatic rings. The number of nitrogens with zero attached hydrogens (tertiary/aromatic N) is 2. The molecule has 1 aromatic rings. The molecule has 0 bridgehead atoms.